The van der Waals surface area contributed by atoms with E-state index in [4.69, 9.17) is 24.2 Å². The van der Waals surface area contributed by atoms with Crippen LogP contribution in [-0.4, -0.2) is 54.8 Å². The molecule has 0 bridgehead atoms. The van der Waals surface area contributed by atoms with E-state index in [1.807, 2.05) is 19.2 Å². The number of fused-ring (bicyclic) bond motifs is 1. The molecule has 11 heteroatoms. The van der Waals surface area contributed by atoms with E-state index >= 15 is 0 Å². The van der Waals surface area contributed by atoms with Gasteiger partial charge in [-0.3, -0.25) is 20.0 Å². The number of aromatic nitrogens is 3. The van der Waals surface area contributed by atoms with Crippen LogP contribution in [-0.2, 0) is 36.8 Å². The van der Waals surface area contributed by atoms with Crippen LogP contribution in [0.15, 0.2) is 41.9 Å². The number of hydrogen-bond donors (Lipinski definition) is 2. The number of amides is 1. The van der Waals surface area contributed by atoms with Crippen LogP contribution in [0.3, 0.4) is 0 Å². The molecule has 4 aromatic rings. The van der Waals surface area contributed by atoms with E-state index in [1.165, 1.54) is 5.56 Å². The molecule has 3 aromatic heterocycles. The Bertz CT molecular complexity index is 1580. The van der Waals surface area contributed by atoms with Crippen LogP contribution >= 0.6 is 11.3 Å². The minimum absolute atomic E-state index is 0.0720. The lowest BCUT2D eigenvalue weighted by Crippen LogP contribution is -2.30. The van der Waals surface area contributed by atoms with Gasteiger partial charge in [-0.15, -0.1) is 11.3 Å². The predicted octanol–water partition coefficient (Wildman–Crippen LogP) is 6.79. The number of aryl methyl sites for hydroxylation is 1. The molecule has 3 heterocycles. The fourth-order valence-electron chi connectivity index (χ4n) is 5.99. The fraction of sp³-hybridized carbons (Fsp3) is 0.486. The van der Waals surface area contributed by atoms with Gasteiger partial charge in [0.2, 0.25) is 6.41 Å². The molecule has 46 heavy (non-hydrogen) atoms. The number of carbonyl (C=O) groups excluding carboxylic acids is 2. The monoisotopic (exact) mass is 649 g/mol. The average Bonchev–Trinajstić information content (AvgIpc) is 3.67. The fourth-order valence-corrected chi connectivity index (χ4v) is 6.92. The Hall–Kier alpha value is -3.64. The van der Waals surface area contributed by atoms with Gasteiger partial charge in [-0.05, 0) is 62.9 Å². The van der Waals surface area contributed by atoms with Crippen LogP contribution in [0.4, 0.5) is 0 Å². The van der Waals surface area contributed by atoms with E-state index in [9.17, 15) is 9.59 Å². The summed E-state index contributed by atoms with van der Waals surface area (Å²) >= 11 is 1.62. The third-order valence-electron chi connectivity index (χ3n) is 8.32. The van der Waals surface area contributed by atoms with Crippen molar-refractivity contribution in [2.45, 2.75) is 78.6 Å². The van der Waals surface area contributed by atoms with Crippen molar-refractivity contribution < 1.29 is 23.8 Å². The number of rotatable bonds is 20. The Kier molecular flexibility index (Phi) is 12.8. The smallest absolute Gasteiger partial charge is 0.293 e. The van der Waals surface area contributed by atoms with Crippen molar-refractivity contribution in [3.63, 3.8) is 0 Å². The number of hydrazine groups is 1. The Morgan fingerprint density at radius 1 is 1.11 bits per heavy atom. The van der Waals surface area contributed by atoms with E-state index in [0.29, 0.717) is 25.9 Å². The lowest BCUT2D eigenvalue weighted by molar-refractivity contribution is -0.131. The summed E-state index contributed by atoms with van der Waals surface area (Å²) in [5.74, 6) is 0. The Labute approximate surface area is 275 Å². The molecule has 1 amide bonds. The highest BCUT2D eigenvalue weighted by atomic mass is 32.1. The third kappa shape index (κ3) is 8.38. The van der Waals surface area contributed by atoms with Crippen molar-refractivity contribution in [3.8, 4) is 22.5 Å². The molecular formula is C35H47N5O5S. The quantitative estimate of drug-likeness (QED) is 0.0611. The predicted molar refractivity (Wildman–Crippen MR) is 182 cm³/mol. The number of nitrogens with one attached hydrogen (secondary N) is 2. The second-order valence-corrected chi connectivity index (χ2v) is 13.1. The maximum Gasteiger partial charge on any atom is 0.293 e. The zero-order valence-electron chi connectivity index (χ0n) is 27.8. The number of unbranched alkanes of at least 4 members (excludes halogenated alkanes) is 2. The largest absolute Gasteiger partial charge is 0.467 e. The van der Waals surface area contributed by atoms with Crippen molar-refractivity contribution in [1.29, 1.82) is 0 Å². The summed E-state index contributed by atoms with van der Waals surface area (Å²) < 4.78 is 19.2. The maximum absolute atomic E-state index is 11.1. The molecule has 0 aliphatic heterocycles. The lowest BCUT2D eigenvalue weighted by atomic mass is 9.84. The molecule has 0 radical (unpaired) electrons. The normalized spacial score (nSPS) is 13.1. The van der Waals surface area contributed by atoms with E-state index in [0.717, 1.165) is 82.9 Å². The molecule has 10 nitrogen and oxygen atoms in total. The van der Waals surface area contributed by atoms with Gasteiger partial charge in [-0.25, -0.2) is 10.4 Å². The molecule has 0 saturated carbocycles. The first-order valence-electron chi connectivity index (χ1n) is 15.9. The number of pyridine rings is 1. The molecule has 2 N–H and O–H groups in total. The maximum atomic E-state index is 11.1. The van der Waals surface area contributed by atoms with Gasteiger partial charge in [0.05, 0.1) is 29.8 Å². The first-order valence-corrected chi connectivity index (χ1v) is 16.8. The van der Waals surface area contributed by atoms with Crippen molar-refractivity contribution >= 4 is 35.1 Å². The number of hydrogen-bond acceptors (Lipinski definition) is 9. The molecular weight excluding hydrogens is 602 g/mol. The summed E-state index contributed by atoms with van der Waals surface area (Å²) in [6, 6.07) is 10.7. The van der Waals surface area contributed by atoms with Crippen molar-refractivity contribution in [1.82, 2.24) is 25.4 Å². The summed E-state index contributed by atoms with van der Waals surface area (Å²) in [6.07, 6.45) is 6.75. The minimum atomic E-state index is -0.311. The summed E-state index contributed by atoms with van der Waals surface area (Å²) in [4.78, 5) is 31.3. The number of methoxy groups -OCH3 is 2. The molecule has 2 unspecified atom stereocenters. The summed E-state index contributed by atoms with van der Waals surface area (Å²) in [5, 5.41) is 4.21. The van der Waals surface area contributed by atoms with Crippen LogP contribution in [0.5, 0.6) is 0 Å². The molecule has 0 aliphatic carbocycles. The molecule has 0 spiro atoms. The first kappa shape index (κ1) is 35.2. The van der Waals surface area contributed by atoms with Gasteiger partial charge >= 0.3 is 0 Å². The molecule has 2 atom stereocenters. The number of carbonyl (C=O) groups is 2. The van der Waals surface area contributed by atoms with Crippen LogP contribution in [0.25, 0.3) is 33.4 Å². The van der Waals surface area contributed by atoms with Gasteiger partial charge in [0.25, 0.3) is 6.47 Å². The number of benzene rings is 1. The molecule has 1 aromatic carbocycles. The summed E-state index contributed by atoms with van der Waals surface area (Å²) in [6.45, 7) is 10.8. The van der Waals surface area contributed by atoms with Crippen LogP contribution in [0.2, 0.25) is 0 Å². The Morgan fingerprint density at radius 2 is 1.93 bits per heavy atom. The lowest BCUT2D eigenvalue weighted by Gasteiger charge is -2.25. The third-order valence-corrected chi connectivity index (χ3v) is 9.26. The molecule has 0 saturated heterocycles. The first-order chi connectivity index (χ1) is 22.3. The van der Waals surface area contributed by atoms with Crippen molar-refractivity contribution in [2.75, 3.05) is 27.4 Å². The Balaban J connectivity index is 1.73. The standard InChI is InChI=1S/C35H47N5O5S/c1-7-40-30-15-14-25(29-20-46-34(39-29)31(44-6)13-9-8-10-17-37-38-22-41)18-27(30)28(19-35(3,4)21-45-23-42)33(40)26-12-11-16-36-32(26)24(2)43-5/h11-12,14-16,18,20,22-24,31,37H,7-10,13,17,19,21H2,1-6H3,(H,38,41). The van der Waals surface area contributed by atoms with Crippen LogP contribution in [0.1, 0.15) is 81.9 Å². The highest BCUT2D eigenvalue weighted by Gasteiger charge is 2.28. The number of nitrogens with zero attached hydrogens (tertiary/aromatic N) is 3. The van der Waals surface area contributed by atoms with Crippen LogP contribution in [0, 0.1) is 5.41 Å². The van der Waals surface area contributed by atoms with Gasteiger partial charge in [0, 0.05) is 66.3 Å². The number of thiazole rings is 1. The van der Waals surface area contributed by atoms with Gasteiger partial charge < -0.3 is 18.8 Å². The van der Waals surface area contributed by atoms with Crippen molar-refractivity contribution in [2.24, 2.45) is 5.41 Å². The van der Waals surface area contributed by atoms with Gasteiger partial charge in [-0.1, -0.05) is 32.8 Å². The molecule has 0 aliphatic rings. The highest BCUT2D eigenvalue weighted by molar-refractivity contribution is 7.10. The van der Waals surface area contributed by atoms with E-state index in [1.54, 1.807) is 25.6 Å². The van der Waals surface area contributed by atoms with Crippen molar-refractivity contribution in [3.05, 3.63) is 58.2 Å². The van der Waals surface area contributed by atoms with Gasteiger partial charge in [0.15, 0.2) is 0 Å². The summed E-state index contributed by atoms with van der Waals surface area (Å²) in [5.41, 5.74) is 12.3. The zero-order chi connectivity index (χ0) is 33.1. The van der Waals surface area contributed by atoms with E-state index < -0.39 is 0 Å². The van der Waals surface area contributed by atoms with Crippen LogP contribution < -0.4 is 10.9 Å². The minimum Gasteiger partial charge on any atom is -0.467 e. The topological polar surface area (TPSA) is 117 Å². The molecule has 248 valence electrons. The zero-order valence-corrected chi connectivity index (χ0v) is 28.6. The van der Waals surface area contributed by atoms with Gasteiger partial charge in [-0.2, -0.15) is 0 Å². The van der Waals surface area contributed by atoms with E-state index in [-0.39, 0.29) is 17.6 Å². The molecule has 4 rings (SSSR count). The second kappa shape index (κ2) is 16.8. The van der Waals surface area contributed by atoms with Gasteiger partial charge in [0.1, 0.15) is 11.1 Å². The highest BCUT2D eigenvalue weighted by Crippen LogP contribution is 2.42. The Morgan fingerprint density at radius 3 is 2.65 bits per heavy atom. The SMILES string of the molecule is CCn1c(-c2cccnc2C(C)OC)c(CC(C)(C)COC=O)c2cc(-c3csc(C(CCCCCNNC=O)OC)n3)ccc21. The van der Waals surface area contributed by atoms with E-state index in [2.05, 4.69) is 65.8 Å². The molecule has 0 fully saturated rings. The summed E-state index contributed by atoms with van der Waals surface area (Å²) in [7, 11) is 3.44. The average molecular weight is 650 g/mol. The number of ether oxygens (including phenoxy) is 3. The second-order valence-electron chi connectivity index (χ2n) is 12.2.